The predicted molar refractivity (Wildman–Crippen MR) is 66.1 cm³/mol. The summed E-state index contributed by atoms with van der Waals surface area (Å²) in [6.07, 6.45) is 0. The van der Waals surface area contributed by atoms with Gasteiger partial charge in [-0.05, 0) is 23.7 Å². The van der Waals surface area contributed by atoms with Gasteiger partial charge in [0.25, 0.3) is 0 Å². The van der Waals surface area contributed by atoms with Gasteiger partial charge in [-0.25, -0.2) is 0 Å². The largest absolute Gasteiger partial charge is 0.413 e. The molecule has 0 unspecified atom stereocenters. The van der Waals surface area contributed by atoms with Gasteiger partial charge in [-0.3, -0.25) is 0 Å². The molecule has 0 radical (unpaired) electrons. The molecule has 0 aliphatic carbocycles. The van der Waals surface area contributed by atoms with Gasteiger partial charge in [0.15, 0.2) is 8.32 Å². The first-order valence-electron chi connectivity index (χ1n) is 4.57. The third kappa shape index (κ3) is 4.43. The third-order valence-electron chi connectivity index (χ3n) is 2.63. The summed E-state index contributed by atoms with van der Waals surface area (Å²) < 4.78 is 5.96. The first-order chi connectivity index (χ1) is 5.70. The Morgan fingerprint density at radius 1 is 1.38 bits per heavy atom. The van der Waals surface area contributed by atoms with E-state index in [-0.39, 0.29) is 0 Å². The molecule has 0 atom stereocenters. The molecule has 0 bridgehead atoms. The Kier molecular flexibility index (Phi) is 4.90. The summed E-state index contributed by atoms with van der Waals surface area (Å²) in [5.74, 6) is 0. The molecule has 13 heavy (non-hydrogen) atoms. The van der Waals surface area contributed by atoms with Crippen LogP contribution >= 0.6 is 15.9 Å². The summed E-state index contributed by atoms with van der Waals surface area (Å²) in [7, 11) is -1.57. The molecule has 0 aliphatic heterocycles. The molecular weight excluding hydrogens is 244 g/mol. The van der Waals surface area contributed by atoms with Crippen LogP contribution in [0.5, 0.6) is 0 Å². The van der Waals surface area contributed by atoms with Crippen molar-refractivity contribution in [3.63, 3.8) is 0 Å². The molecule has 0 saturated carbocycles. The summed E-state index contributed by atoms with van der Waals surface area (Å²) in [5.41, 5.74) is 1.12. The fourth-order valence-corrected chi connectivity index (χ4v) is 1.70. The molecule has 0 aliphatic rings. The van der Waals surface area contributed by atoms with Crippen molar-refractivity contribution in [1.82, 2.24) is 0 Å². The highest BCUT2D eigenvalue weighted by Gasteiger charge is 2.36. The summed E-state index contributed by atoms with van der Waals surface area (Å²) in [5, 5.41) is 1.13. The quantitative estimate of drug-likeness (QED) is 0.425. The molecule has 3 heteroatoms. The summed E-state index contributed by atoms with van der Waals surface area (Å²) in [6.45, 7) is 15.9. The number of rotatable bonds is 4. The van der Waals surface area contributed by atoms with Crippen molar-refractivity contribution in [2.45, 2.75) is 38.9 Å². The monoisotopic (exact) mass is 264 g/mol. The lowest BCUT2D eigenvalue weighted by atomic mass is 10.2. The van der Waals surface area contributed by atoms with Crippen molar-refractivity contribution in [3.05, 3.63) is 12.2 Å². The Hall–Kier alpha value is 0.397. The predicted octanol–water partition coefficient (Wildman–Crippen LogP) is 3.96. The van der Waals surface area contributed by atoms with E-state index in [4.69, 9.17) is 4.43 Å². The number of alkyl halides is 1. The molecule has 78 valence electrons. The first-order valence-corrected chi connectivity index (χ1v) is 8.60. The van der Waals surface area contributed by atoms with Gasteiger partial charge in [-0.2, -0.15) is 0 Å². The van der Waals surface area contributed by atoms with Gasteiger partial charge in [0, 0.05) is 5.33 Å². The van der Waals surface area contributed by atoms with Crippen LogP contribution in [0.15, 0.2) is 12.2 Å². The average molecular weight is 265 g/mol. The number of hydrogen-bond acceptors (Lipinski definition) is 1. The van der Waals surface area contributed by atoms with Gasteiger partial charge in [0.2, 0.25) is 0 Å². The third-order valence-corrected chi connectivity index (χ3v) is 7.90. The second kappa shape index (κ2) is 4.76. The Labute approximate surface area is 91.8 Å². The fourth-order valence-electron chi connectivity index (χ4n) is 0.538. The standard InChI is InChI=1S/C10H21BrOSi/c1-9(7-11)8-12-13(5,6)10(2,3)4/h1,7-8H2,2-6H3. The van der Waals surface area contributed by atoms with Crippen LogP contribution in [0.25, 0.3) is 0 Å². The minimum atomic E-state index is -1.57. The van der Waals surface area contributed by atoms with E-state index in [0.717, 1.165) is 10.9 Å². The van der Waals surface area contributed by atoms with E-state index in [0.29, 0.717) is 11.6 Å². The second-order valence-electron chi connectivity index (χ2n) is 4.93. The van der Waals surface area contributed by atoms with Gasteiger partial charge in [0.05, 0.1) is 6.61 Å². The SMILES string of the molecule is C=C(CBr)CO[Si](C)(C)C(C)(C)C. The van der Waals surface area contributed by atoms with Crippen molar-refractivity contribution in [3.8, 4) is 0 Å². The van der Waals surface area contributed by atoms with Crippen LogP contribution in [0.4, 0.5) is 0 Å². The minimum absolute atomic E-state index is 0.291. The van der Waals surface area contributed by atoms with Crippen LogP contribution in [0.3, 0.4) is 0 Å². The zero-order chi connectivity index (χ0) is 10.7. The molecule has 0 aromatic heterocycles. The molecular formula is C10H21BrOSi. The van der Waals surface area contributed by atoms with Crippen molar-refractivity contribution in [2.24, 2.45) is 0 Å². The molecule has 1 nitrogen and oxygen atoms in total. The molecule has 0 aromatic rings. The van der Waals surface area contributed by atoms with E-state index in [1.165, 1.54) is 0 Å². The van der Waals surface area contributed by atoms with Gasteiger partial charge >= 0.3 is 0 Å². The van der Waals surface area contributed by atoms with E-state index in [2.05, 4.69) is 56.4 Å². The zero-order valence-corrected chi connectivity index (χ0v) is 12.0. The molecule has 0 rings (SSSR count). The Morgan fingerprint density at radius 3 is 2.15 bits per heavy atom. The van der Waals surface area contributed by atoms with Crippen LogP contribution in [-0.2, 0) is 4.43 Å². The summed E-state index contributed by atoms with van der Waals surface area (Å²) >= 11 is 3.37. The van der Waals surface area contributed by atoms with Gasteiger partial charge in [-0.1, -0.05) is 43.3 Å². The van der Waals surface area contributed by atoms with Gasteiger partial charge in [-0.15, -0.1) is 0 Å². The van der Waals surface area contributed by atoms with E-state index in [1.807, 2.05) is 0 Å². The molecule has 0 fully saturated rings. The van der Waals surface area contributed by atoms with Crippen LogP contribution in [0.2, 0.25) is 18.1 Å². The zero-order valence-electron chi connectivity index (χ0n) is 9.41. The fraction of sp³-hybridized carbons (Fsp3) is 0.800. The topological polar surface area (TPSA) is 9.23 Å². The maximum atomic E-state index is 5.96. The van der Waals surface area contributed by atoms with Crippen molar-refractivity contribution < 1.29 is 4.43 Å². The normalized spacial score (nSPS) is 13.1. The molecule has 0 N–H and O–H groups in total. The van der Waals surface area contributed by atoms with Crippen LogP contribution < -0.4 is 0 Å². The van der Waals surface area contributed by atoms with E-state index in [9.17, 15) is 0 Å². The summed E-state index contributed by atoms with van der Waals surface area (Å²) in [6, 6.07) is 0. The Bertz CT molecular complexity index is 182. The molecule has 0 heterocycles. The van der Waals surface area contributed by atoms with Crippen molar-refractivity contribution in [1.29, 1.82) is 0 Å². The Morgan fingerprint density at radius 2 is 1.85 bits per heavy atom. The molecule has 0 amide bonds. The second-order valence-corrected chi connectivity index (χ2v) is 10.3. The van der Waals surface area contributed by atoms with Crippen LogP contribution in [-0.4, -0.2) is 20.3 Å². The molecule has 0 saturated heterocycles. The first kappa shape index (κ1) is 13.4. The maximum Gasteiger partial charge on any atom is 0.192 e. The lowest BCUT2D eigenvalue weighted by Crippen LogP contribution is -2.41. The van der Waals surface area contributed by atoms with E-state index >= 15 is 0 Å². The molecule has 0 spiro atoms. The van der Waals surface area contributed by atoms with Crippen LogP contribution in [0, 0.1) is 0 Å². The average Bonchev–Trinajstić information content (AvgIpc) is 1.98. The summed E-state index contributed by atoms with van der Waals surface area (Å²) in [4.78, 5) is 0. The molecule has 0 aromatic carbocycles. The maximum absolute atomic E-state index is 5.96. The van der Waals surface area contributed by atoms with E-state index in [1.54, 1.807) is 0 Å². The number of halogens is 1. The van der Waals surface area contributed by atoms with Crippen molar-refractivity contribution >= 4 is 24.2 Å². The minimum Gasteiger partial charge on any atom is -0.413 e. The lowest BCUT2D eigenvalue weighted by Gasteiger charge is -2.36. The Balaban J connectivity index is 4.12. The van der Waals surface area contributed by atoms with E-state index < -0.39 is 8.32 Å². The highest BCUT2D eigenvalue weighted by atomic mass is 79.9. The number of hydrogen-bond donors (Lipinski definition) is 0. The van der Waals surface area contributed by atoms with Crippen LogP contribution in [0.1, 0.15) is 20.8 Å². The van der Waals surface area contributed by atoms with Gasteiger partial charge in [0.1, 0.15) is 0 Å². The highest BCUT2D eigenvalue weighted by molar-refractivity contribution is 9.09. The van der Waals surface area contributed by atoms with Crippen molar-refractivity contribution in [2.75, 3.05) is 11.9 Å². The lowest BCUT2D eigenvalue weighted by molar-refractivity contribution is 0.320. The smallest absolute Gasteiger partial charge is 0.192 e. The highest BCUT2D eigenvalue weighted by Crippen LogP contribution is 2.36. The van der Waals surface area contributed by atoms with Gasteiger partial charge < -0.3 is 4.43 Å².